The number of rotatable bonds is 4. The molecule has 1 aliphatic rings. The number of fused-ring (bicyclic) bond motifs is 1. The predicted molar refractivity (Wildman–Crippen MR) is 102 cm³/mol. The van der Waals surface area contributed by atoms with Crippen LogP contribution >= 0.6 is 0 Å². The molecule has 27 heavy (non-hydrogen) atoms. The van der Waals surface area contributed by atoms with Gasteiger partial charge >= 0.3 is 0 Å². The minimum absolute atomic E-state index is 0.0335. The van der Waals surface area contributed by atoms with E-state index in [0.29, 0.717) is 42.5 Å². The number of H-pyrrole nitrogens is 1. The van der Waals surface area contributed by atoms with Crippen LogP contribution in [-0.2, 0) is 10.0 Å². The number of pyridine rings is 1. The van der Waals surface area contributed by atoms with Crippen LogP contribution in [0.2, 0.25) is 0 Å². The second-order valence-corrected chi connectivity index (χ2v) is 8.48. The minimum Gasteiger partial charge on any atom is -0.349 e. The van der Waals surface area contributed by atoms with E-state index in [1.54, 1.807) is 30.5 Å². The van der Waals surface area contributed by atoms with Crippen LogP contribution in [0.5, 0.6) is 0 Å². The Kier molecular flexibility index (Phi) is 4.67. The second kappa shape index (κ2) is 7.13. The van der Waals surface area contributed by atoms with E-state index in [1.807, 2.05) is 18.2 Å². The standard InChI is InChI=1S/C19H20N4O3S/c24-19(14-5-2-1-3-6-14)22-15-8-11-23(12-9-15)27(25,26)17-13-21-18-16(17)7-4-10-20-18/h1-7,10,13,15H,8-9,11-12H2,(H,20,21)(H,22,24). The van der Waals surface area contributed by atoms with Gasteiger partial charge in [0.15, 0.2) is 0 Å². The van der Waals surface area contributed by atoms with Gasteiger partial charge in [0.2, 0.25) is 10.0 Å². The number of carbonyl (C=O) groups excluding carboxylic acids is 1. The molecule has 0 bridgehead atoms. The lowest BCUT2D eigenvalue weighted by molar-refractivity contribution is 0.0924. The third kappa shape index (κ3) is 3.45. The third-order valence-corrected chi connectivity index (χ3v) is 6.79. The summed E-state index contributed by atoms with van der Waals surface area (Å²) in [5.41, 5.74) is 1.17. The fourth-order valence-electron chi connectivity index (χ4n) is 3.38. The Morgan fingerprint density at radius 1 is 1.11 bits per heavy atom. The molecule has 1 aliphatic heterocycles. The first kappa shape index (κ1) is 17.7. The molecule has 2 N–H and O–H groups in total. The number of amides is 1. The lowest BCUT2D eigenvalue weighted by Gasteiger charge is -2.31. The van der Waals surface area contributed by atoms with Crippen molar-refractivity contribution in [3.63, 3.8) is 0 Å². The summed E-state index contributed by atoms with van der Waals surface area (Å²) in [4.78, 5) is 19.6. The Morgan fingerprint density at radius 2 is 1.85 bits per heavy atom. The number of aromatic amines is 1. The van der Waals surface area contributed by atoms with Gasteiger partial charge < -0.3 is 10.3 Å². The average molecular weight is 384 g/mol. The Labute approximate surface area is 157 Å². The summed E-state index contributed by atoms with van der Waals surface area (Å²) in [6.07, 6.45) is 4.28. The maximum absolute atomic E-state index is 13.0. The Hall–Kier alpha value is -2.71. The van der Waals surface area contributed by atoms with E-state index in [1.165, 1.54) is 10.5 Å². The van der Waals surface area contributed by atoms with E-state index >= 15 is 0 Å². The van der Waals surface area contributed by atoms with Gasteiger partial charge in [0.05, 0.1) is 0 Å². The highest BCUT2D eigenvalue weighted by molar-refractivity contribution is 7.89. The van der Waals surface area contributed by atoms with E-state index in [9.17, 15) is 13.2 Å². The maximum atomic E-state index is 13.0. The molecule has 0 aliphatic carbocycles. The number of aromatic nitrogens is 2. The Balaban J connectivity index is 1.43. The molecule has 0 unspecified atom stereocenters. The van der Waals surface area contributed by atoms with Gasteiger partial charge in [0.1, 0.15) is 10.5 Å². The van der Waals surface area contributed by atoms with E-state index in [2.05, 4.69) is 15.3 Å². The smallest absolute Gasteiger partial charge is 0.251 e. The quantitative estimate of drug-likeness (QED) is 0.720. The highest BCUT2D eigenvalue weighted by atomic mass is 32.2. The number of nitrogens with one attached hydrogen (secondary N) is 2. The van der Waals surface area contributed by atoms with Gasteiger partial charge in [-0.15, -0.1) is 0 Å². The summed E-state index contributed by atoms with van der Waals surface area (Å²) >= 11 is 0. The molecule has 1 aromatic carbocycles. The molecule has 3 heterocycles. The van der Waals surface area contributed by atoms with E-state index in [0.717, 1.165) is 0 Å². The van der Waals surface area contributed by atoms with Crippen LogP contribution in [0, 0.1) is 0 Å². The van der Waals surface area contributed by atoms with Crippen LogP contribution in [0.25, 0.3) is 11.0 Å². The van der Waals surface area contributed by atoms with Crippen molar-refractivity contribution in [2.45, 2.75) is 23.8 Å². The summed E-state index contributed by atoms with van der Waals surface area (Å²) in [7, 11) is -3.60. The lowest BCUT2D eigenvalue weighted by Crippen LogP contribution is -2.46. The molecule has 8 heteroatoms. The van der Waals surface area contributed by atoms with Gasteiger partial charge in [-0.3, -0.25) is 4.79 Å². The molecule has 1 amide bonds. The average Bonchev–Trinajstić information content (AvgIpc) is 3.14. The molecule has 0 radical (unpaired) electrons. The molecule has 0 atom stereocenters. The van der Waals surface area contributed by atoms with Gasteiger partial charge in [-0.2, -0.15) is 4.31 Å². The summed E-state index contributed by atoms with van der Waals surface area (Å²) in [6.45, 7) is 0.740. The summed E-state index contributed by atoms with van der Waals surface area (Å²) in [5.74, 6) is -0.125. The molecular weight excluding hydrogens is 364 g/mol. The summed E-state index contributed by atoms with van der Waals surface area (Å²) in [6, 6.07) is 12.5. The van der Waals surface area contributed by atoms with E-state index in [-0.39, 0.29) is 16.8 Å². The maximum Gasteiger partial charge on any atom is 0.251 e. The number of benzene rings is 1. The fraction of sp³-hybridized carbons (Fsp3) is 0.263. The second-order valence-electron chi connectivity index (χ2n) is 6.57. The first-order valence-corrected chi connectivity index (χ1v) is 10.3. The topological polar surface area (TPSA) is 95.2 Å². The van der Waals surface area contributed by atoms with Crippen LogP contribution in [0.3, 0.4) is 0 Å². The predicted octanol–water partition coefficient (Wildman–Crippen LogP) is 2.15. The molecular formula is C19H20N4O3S. The van der Waals surface area contributed by atoms with Gasteiger partial charge in [-0.05, 0) is 37.1 Å². The first-order chi connectivity index (χ1) is 13.1. The monoisotopic (exact) mass is 384 g/mol. The molecule has 4 rings (SSSR count). The van der Waals surface area contributed by atoms with Crippen molar-refractivity contribution in [1.82, 2.24) is 19.6 Å². The zero-order chi connectivity index (χ0) is 18.9. The highest BCUT2D eigenvalue weighted by Crippen LogP contribution is 2.26. The Morgan fingerprint density at radius 3 is 2.59 bits per heavy atom. The van der Waals surface area contributed by atoms with Gasteiger partial charge in [0, 0.05) is 42.5 Å². The zero-order valence-electron chi connectivity index (χ0n) is 14.6. The van der Waals surface area contributed by atoms with Gasteiger partial charge in [-0.1, -0.05) is 18.2 Å². The molecule has 0 spiro atoms. The number of hydrogen-bond acceptors (Lipinski definition) is 4. The SMILES string of the molecule is O=C(NC1CCN(S(=O)(=O)c2c[nH]c3ncccc23)CC1)c1ccccc1. The normalized spacial score (nSPS) is 16.4. The van der Waals surface area contributed by atoms with Crippen LogP contribution in [0.4, 0.5) is 0 Å². The van der Waals surface area contributed by atoms with E-state index < -0.39 is 10.0 Å². The largest absolute Gasteiger partial charge is 0.349 e. The summed E-state index contributed by atoms with van der Waals surface area (Å²) in [5, 5.41) is 3.59. The first-order valence-electron chi connectivity index (χ1n) is 8.84. The van der Waals surface area contributed by atoms with Crippen molar-refractivity contribution in [2.24, 2.45) is 0 Å². The number of piperidine rings is 1. The third-order valence-electron chi connectivity index (χ3n) is 4.86. The lowest BCUT2D eigenvalue weighted by atomic mass is 10.1. The molecule has 7 nitrogen and oxygen atoms in total. The summed E-state index contributed by atoms with van der Waals surface area (Å²) < 4.78 is 27.5. The van der Waals surface area contributed by atoms with Crippen molar-refractivity contribution < 1.29 is 13.2 Å². The number of hydrogen-bond donors (Lipinski definition) is 2. The molecule has 140 valence electrons. The Bertz CT molecular complexity index is 1050. The number of sulfonamides is 1. The van der Waals surface area contributed by atoms with Crippen LogP contribution in [0.1, 0.15) is 23.2 Å². The zero-order valence-corrected chi connectivity index (χ0v) is 15.4. The molecule has 0 saturated carbocycles. The van der Waals surface area contributed by atoms with Crippen LogP contribution < -0.4 is 5.32 Å². The molecule has 2 aromatic heterocycles. The van der Waals surface area contributed by atoms with Crippen LogP contribution in [0.15, 0.2) is 59.8 Å². The van der Waals surface area contributed by atoms with E-state index in [4.69, 9.17) is 0 Å². The van der Waals surface area contributed by atoms with Crippen molar-refractivity contribution in [1.29, 1.82) is 0 Å². The van der Waals surface area contributed by atoms with Crippen molar-refractivity contribution in [3.8, 4) is 0 Å². The van der Waals surface area contributed by atoms with Gasteiger partial charge in [-0.25, -0.2) is 13.4 Å². The molecule has 1 fully saturated rings. The highest BCUT2D eigenvalue weighted by Gasteiger charge is 2.31. The van der Waals surface area contributed by atoms with Crippen molar-refractivity contribution >= 4 is 27.0 Å². The number of nitrogens with zero attached hydrogens (tertiary/aromatic N) is 2. The van der Waals surface area contributed by atoms with Crippen LogP contribution in [-0.4, -0.2) is 47.7 Å². The van der Waals surface area contributed by atoms with Crippen molar-refractivity contribution in [3.05, 3.63) is 60.4 Å². The minimum atomic E-state index is -3.60. The number of carbonyl (C=O) groups is 1. The fourth-order valence-corrected chi connectivity index (χ4v) is 5.00. The molecule has 3 aromatic rings. The van der Waals surface area contributed by atoms with Crippen molar-refractivity contribution in [2.75, 3.05) is 13.1 Å². The molecule has 1 saturated heterocycles. The van der Waals surface area contributed by atoms with Gasteiger partial charge in [0.25, 0.3) is 5.91 Å².